The molecule has 2 aromatic rings. The Bertz CT molecular complexity index is 681. The molecule has 3 rings (SSSR count). The molecular weight excluding hydrogens is 262 g/mol. The van der Waals surface area contributed by atoms with Crippen molar-refractivity contribution >= 4 is 22.5 Å². The molecule has 0 spiro atoms. The molecule has 1 aromatic carbocycles. The second-order valence-electron chi connectivity index (χ2n) is 6.15. The Morgan fingerprint density at radius 1 is 1.33 bits per heavy atom. The number of carbonyl (C=O) groups excluding carboxylic acids is 1. The van der Waals surface area contributed by atoms with Gasteiger partial charge in [0.25, 0.3) is 5.91 Å². The molecule has 1 aliphatic heterocycles. The molecule has 1 aromatic heterocycles. The standard InChI is InChI=1S/C17H21N3O/c1-11(2)12-7-8-20(10-12)17(21)15-9-19-16(18)14-6-4-3-5-13(14)15/h3-6,9,11-12H,7-8,10H2,1-2H3,(H2,18,19). The molecule has 1 saturated heterocycles. The second kappa shape index (κ2) is 5.35. The topological polar surface area (TPSA) is 59.2 Å². The summed E-state index contributed by atoms with van der Waals surface area (Å²) in [6.45, 7) is 6.12. The van der Waals surface area contributed by atoms with Crippen LogP contribution in [-0.2, 0) is 0 Å². The highest BCUT2D eigenvalue weighted by Crippen LogP contribution is 2.28. The summed E-state index contributed by atoms with van der Waals surface area (Å²) >= 11 is 0. The fourth-order valence-electron chi connectivity index (χ4n) is 3.07. The van der Waals surface area contributed by atoms with Gasteiger partial charge < -0.3 is 10.6 Å². The molecule has 21 heavy (non-hydrogen) atoms. The van der Waals surface area contributed by atoms with Crippen LogP contribution in [0, 0.1) is 11.8 Å². The summed E-state index contributed by atoms with van der Waals surface area (Å²) < 4.78 is 0. The Hall–Kier alpha value is -2.10. The lowest BCUT2D eigenvalue weighted by Gasteiger charge is -2.19. The third-order valence-corrected chi connectivity index (χ3v) is 4.51. The first-order chi connectivity index (χ1) is 10.1. The molecule has 0 aliphatic carbocycles. The highest BCUT2D eigenvalue weighted by atomic mass is 16.2. The lowest BCUT2D eigenvalue weighted by atomic mass is 9.95. The number of rotatable bonds is 2. The highest BCUT2D eigenvalue weighted by molar-refractivity contribution is 6.09. The zero-order chi connectivity index (χ0) is 15.0. The Morgan fingerprint density at radius 3 is 2.71 bits per heavy atom. The van der Waals surface area contributed by atoms with E-state index in [-0.39, 0.29) is 5.91 Å². The molecule has 1 unspecified atom stereocenters. The molecule has 110 valence electrons. The number of likely N-dealkylation sites (tertiary alicyclic amines) is 1. The predicted molar refractivity (Wildman–Crippen MR) is 85.0 cm³/mol. The van der Waals surface area contributed by atoms with Gasteiger partial charge in [0.2, 0.25) is 0 Å². The predicted octanol–water partition coefficient (Wildman–Crippen LogP) is 2.94. The average Bonchev–Trinajstić information content (AvgIpc) is 2.97. The minimum atomic E-state index is 0.0712. The number of aromatic nitrogens is 1. The van der Waals surface area contributed by atoms with Gasteiger partial charge in [-0.1, -0.05) is 38.1 Å². The van der Waals surface area contributed by atoms with Gasteiger partial charge in [-0.15, -0.1) is 0 Å². The number of pyridine rings is 1. The molecule has 0 radical (unpaired) electrons. The molecular formula is C17H21N3O. The molecule has 1 atom stereocenters. The summed E-state index contributed by atoms with van der Waals surface area (Å²) in [4.78, 5) is 18.9. The van der Waals surface area contributed by atoms with Crippen LogP contribution in [0.4, 0.5) is 5.82 Å². The van der Waals surface area contributed by atoms with Gasteiger partial charge in [0, 0.05) is 24.7 Å². The van der Waals surface area contributed by atoms with Crippen LogP contribution >= 0.6 is 0 Å². The van der Waals surface area contributed by atoms with E-state index in [1.165, 1.54) is 0 Å². The summed E-state index contributed by atoms with van der Waals surface area (Å²) in [5, 5.41) is 1.74. The van der Waals surface area contributed by atoms with Crippen LogP contribution in [0.5, 0.6) is 0 Å². The maximum absolute atomic E-state index is 12.8. The van der Waals surface area contributed by atoms with E-state index in [4.69, 9.17) is 5.73 Å². The highest BCUT2D eigenvalue weighted by Gasteiger charge is 2.29. The number of nitrogen functional groups attached to an aromatic ring is 1. The summed E-state index contributed by atoms with van der Waals surface area (Å²) in [7, 11) is 0. The summed E-state index contributed by atoms with van der Waals surface area (Å²) in [6.07, 6.45) is 2.70. The molecule has 1 fully saturated rings. The van der Waals surface area contributed by atoms with Gasteiger partial charge in [-0.2, -0.15) is 0 Å². The molecule has 4 heteroatoms. The minimum absolute atomic E-state index is 0.0712. The van der Waals surface area contributed by atoms with Gasteiger partial charge in [-0.25, -0.2) is 4.98 Å². The first-order valence-electron chi connectivity index (χ1n) is 7.50. The van der Waals surface area contributed by atoms with Crippen LogP contribution in [-0.4, -0.2) is 28.9 Å². The monoisotopic (exact) mass is 283 g/mol. The van der Waals surface area contributed by atoms with Crippen LogP contribution < -0.4 is 5.73 Å². The number of amides is 1. The Morgan fingerprint density at radius 2 is 2.05 bits per heavy atom. The lowest BCUT2D eigenvalue weighted by Crippen LogP contribution is -2.29. The number of hydrogen-bond acceptors (Lipinski definition) is 3. The van der Waals surface area contributed by atoms with Crippen molar-refractivity contribution in [3.63, 3.8) is 0 Å². The molecule has 0 saturated carbocycles. The molecule has 4 nitrogen and oxygen atoms in total. The molecule has 1 aliphatic rings. The number of nitrogens with zero attached hydrogens (tertiary/aromatic N) is 2. The van der Waals surface area contributed by atoms with Crippen molar-refractivity contribution < 1.29 is 4.79 Å². The Labute approximate surface area is 125 Å². The minimum Gasteiger partial charge on any atom is -0.383 e. The largest absolute Gasteiger partial charge is 0.383 e. The zero-order valence-electron chi connectivity index (χ0n) is 12.5. The van der Waals surface area contributed by atoms with Crippen molar-refractivity contribution in [2.75, 3.05) is 18.8 Å². The molecule has 1 amide bonds. The first kappa shape index (κ1) is 13.9. The maximum atomic E-state index is 12.8. The van der Waals surface area contributed by atoms with E-state index in [2.05, 4.69) is 18.8 Å². The van der Waals surface area contributed by atoms with Crippen LogP contribution in [0.15, 0.2) is 30.5 Å². The van der Waals surface area contributed by atoms with Crippen molar-refractivity contribution in [1.82, 2.24) is 9.88 Å². The van der Waals surface area contributed by atoms with Crippen molar-refractivity contribution in [3.05, 3.63) is 36.0 Å². The number of hydrogen-bond donors (Lipinski definition) is 1. The Kier molecular flexibility index (Phi) is 3.53. The van der Waals surface area contributed by atoms with E-state index < -0.39 is 0 Å². The van der Waals surface area contributed by atoms with Gasteiger partial charge in [-0.05, 0) is 23.6 Å². The molecule has 2 heterocycles. The number of carbonyl (C=O) groups is 1. The summed E-state index contributed by atoms with van der Waals surface area (Å²) in [6, 6.07) is 7.70. The van der Waals surface area contributed by atoms with Crippen LogP contribution in [0.3, 0.4) is 0 Å². The van der Waals surface area contributed by atoms with E-state index >= 15 is 0 Å². The summed E-state index contributed by atoms with van der Waals surface area (Å²) in [5.74, 6) is 1.76. The van der Waals surface area contributed by atoms with Gasteiger partial charge in [0.15, 0.2) is 0 Å². The van der Waals surface area contributed by atoms with Crippen LogP contribution in [0.1, 0.15) is 30.6 Å². The van der Waals surface area contributed by atoms with E-state index in [0.717, 1.165) is 30.3 Å². The fraction of sp³-hybridized carbons (Fsp3) is 0.412. The third-order valence-electron chi connectivity index (χ3n) is 4.51. The zero-order valence-corrected chi connectivity index (χ0v) is 12.5. The van der Waals surface area contributed by atoms with Crippen molar-refractivity contribution in [2.24, 2.45) is 11.8 Å². The van der Waals surface area contributed by atoms with Crippen molar-refractivity contribution in [2.45, 2.75) is 20.3 Å². The number of anilines is 1. The van der Waals surface area contributed by atoms with Crippen molar-refractivity contribution in [1.29, 1.82) is 0 Å². The van der Waals surface area contributed by atoms with Crippen molar-refractivity contribution in [3.8, 4) is 0 Å². The number of nitrogens with two attached hydrogens (primary N) is 1. The molecule has 0 bridgehead atoms. The smallest absolute Gasteiger partial charge is 0.256 e. The summed E-state index contributed by atoms with van der Waals surface area (Å²) in [5.41, 5.74) is 6.56. The van der Waals surface area contributed by atoms with Gasteiger partial charge >= 0.3 is 0 Å². The van der Waals surface area contributed by atoms with E-state index in [1.807, 2.05) is 29.2 Å². The maximum Gasteiger partial charge on any atom is 0.256 e. The molecule has 2 N–H and O–H groups in total. The van der Waals surface area contributed by atoms with Gasteiger partial charge in [0.05, 0.1) is 5.56 Å². The first-order valence-corrected chi connectivity index (χ1v) is 7.50. The second-order valence-corrected chi connectivity index (χ2v) is 6.15. The normalized spacial score (nSPS) is 18.6. The lowest BCUT2D eigenvalue weighted by molar-refractivity contribution is 0.0785. The average molecular weight is 283 g/mol. The van der Waals surface area contributed by atoms with E-state index in [1.54, 1.807) is 6.20 Å². The number of benzene rings is 1. The van der Waals surface area contributed by atoms with E-state index in [9.17, 15) is 4.79 Å². The fourth-order valence-corrected chi connectivity index (χ4v) is 3.07. The Balaban J connectivity index is 1.94. The number of fused-ring (bicyclic) bond motifs is 1. The quantitative estimate of drug-likeness (QED) is 0.922. The van der Waals surface area contributed by atoms with Gasteiger partial charge in [-0.3, -0.25) is 4.79 Å². The van der Waals surface area contributed by atoms with Gasteiger partial charge in [0.1, 0.15) is 5.82 Å². The third kappa shape index (κ3) is 2.46. The SMILES string of the molecule is CC(C)C1CCN(C(=O)c2cnc(N)c3ccccc23)C1. The van der Waals surface area contributed by atoms with Crippen LogP contribution in [0.2, 0.25) is 0 Å². The van der Waals surface area contributed by atoms with Crippen LogP contribution in [0.25, 0.3) is 10.8 Å². The van der Waals surface area contributed by atoms with E-state index in [0.29, 0.717) is 23.2 Å².